The van der Waals surface area contributed by atoms with Gasteiger partial charge in [0.25, 0.3) is 17.2 Å². The van der Waals surface area contributed by atoms with Crippen LogP contribution >= 0.6 is 15.9 Å². The Balaban J connectivity index is 2.67. The van der Waals surface area contributed by atoms with E-state index < -0.39 is 28.2 Å². The van der Waals surface area contributed by atoms with Gasteiger partial charge >= 0.3 is 0 Å². The van der Waals surface area contributed by atoms with Crippen molar-refractivity contribution in [1.29, 1.82) is 0 Å². The number of carbonyl (C=O) groups is 2. The maximum Gasteiger partial charge on any atom is 0.270 e. The molecule has 0 aliphatic carbocycles. The minimum Gasteiger partial charge on any atom is -0.336 e. The topological polar surface area (TPSA) is 103 Å². The highest BCUT2D eigenvalue weighted by Crippen LogP contribution is 2.23. The van der Waals surface area contributed by atoms with Crippen LogP contribution in [0.1, 0.15) is 44.1 Å². The quantitative estimate of drug-likeness (QED) is 0.270. The number of Topliss-reactive ketones (excluding diaryl/α,β-unsaturated/α-hetero) is 1. The molecule has 8 nitrogen and oxygen atoms in total. The van der Waals surface area contributed by atoms with E-state index in [0.29, 0.717) is 4.47 Å². The number of non-ortho nitro benzene ring substituents is 1. The zero-order valence-corrected chi connectivity index (χ0v) is 18.1. The first-order valence-corrected chi connectivity index (χ1v) is 9.82. The molecule has 154 valence electrons. The lowest BCUT2D eigenvalue weighted by molar-refractivity contribution is -0.384. The number of nitro benzene ring substituents is 1. The Morgan fingerprint density at radius 3 is 2.28 bits per heavy atom. The molecule has 9 heteroatoms. The lowest BCUT2D eigenvalue weighted by Gasteiger charge is -2.34. The van der Waals surface area contributed by atoms with Crippen LogP contribution in [0.5, 0.6) is 0 Å². The van der Waals surface area contributed by atoms with Crippen LogP contribution in [0.2, 0.25) is 0 Å². The molecule has 0 fully saturated rings. The summed E-state index contributed by atoms with van der Waals surface area (Å²) in [5.41, 5.74) is -0.817. The SMILES string of the molecule is CC(C)N(C(=O)C(C(=O)c1cccc([N+](=O)[O-])c1)n1cc(Br)ccc1=O)C(C)C. The summed E-state index contributed by atoms with van der Waals surface area (Å²) < 4.78 is 1.58. The molecule has 0 saturated carbocycles. The number of pyridine rings is 1. The van der Waals surface area contributed by atoms with E-state index in [1.165, 1.54) is 41.4 Å². The molecule has 0 radical (unpaired) electrons. The van der Waals surface area contributed by atoms with Crippen LogP contribution in [-0.4, -0.2) is 38.2 Å². The molecular formula is C20H22BrN3O5. The van der Waals surface area contributed by atoms with Crippen molar-refractivity contribution in [2.24, 2.45) is 0 Å². The standard InChI is InChI=1S/C20H22BrN3O5/c1-12(2)23(13(3)4)20(27)18(22-11-15(21)8-9-17(22)25)19(26)14-6-5-7-16(10-14)24(28)29/h5-13,18H,1-4H3. The molecule has 0 N–H and O–H groups in total. The van der Waals surface area contributed by atoms with Gasteiger partial charge in [0.1, 0.15) is 0 Å². The Bertz CT molecular complexity index is 992. The number of benzene rings is 1. The third-order valence-corrected chi connectivity index (χ3v) is 4.84. The van der Waals surface area contributed by atoms with Crippen LogP contribution < -0.4 is 5.56 Å². The van der Waals surface area contributed by atoms with Gasteiger partial charge in [-0.3, -0.25) is 29.1 Å². The van der Waals surface area contributed by atoms with Crippen molar-refractivity contribution in [1.82, 2.24) is 9.47 Å². The van der Waals surface area contributed by atoms with Gasteiger partial charge in [-0.05, 0) is 49.7 Å². The van der Waals surface area contributed by atoms with Crippen molar-refractivity contribution in [3.8, 4) is 0 Å². The van der Waals surface area contributed by atoms with Crippen molar-refractivity contribution >= 4 is 33.3 Å². The van der Waals surface area contributed by atoms with Crippen molar-refractivity contribution in [2.45, 2.75) is 45.8 Å². The van der Waals surface area contributed by atoms with Crippen LogP contribution in [0, 0.1) is 10.1 Å². The third-order valence-electron chi connectivity index (χ3n) is 4.37. The van der Waals surface area contributed by atoms with E-state index in [2.05, 4.69) is 15.9 Å². The van der Waals surface area contributed by atoms with Crippen LogP contribution in [0.4, 0.5) is 5.69 Å². The van der Waals surface area contributed by atoms with Crippen LogP contribution in [-0.2, 0) is 4.79 Å². The van der Waals surface area contributed by atoms with E-state index in [-0.39, 0.29) is 23.3 Å². The van der Waals surface area contributed by atoms with Gasteiger partial charge in [-0.25, -0.2) is 0 Å². The molecule has 1 amide bonds. The molecule has 2 aromatic rings. The first-order valence-electron chi connectivity index (χ1n) is 9.03. The normalized spacial score (nSPS) is 12.1. The molecule has 1 unspecified atom stereocenters. The number of halogens is 1. The molecular weight excluding hydrogens is 442 g/mol. The number of hydrogen-bond acceptors (Lipinski definition) is 5. The average molecular weight is 464 g/mol. The number of aromatic nitrogens is 1. The molecule has 2 rings (SSSR count). The van der Waals surface area contributed by atoms with E-state index >= 15 is 0 Å². The van der Waals surface area contributed by atoms with Crippen LogP contribution in [0.3, 0.4) is 0 Å². The molecule has 1 heterocycles. The van der Waals surface area contributed by atoms with Crippen LogP contribution in [0.25, 0.3) is 0 Å². The number of amides is 1. The van der Waals surface area contributed by atoms with Crippen molar-refractivity contribution < 1.29 is 14.5 Å². The van der Waals surface area contributed by atoms with Crippen LogP contribution in [0.15, 0.2) is 51.9 Å². The number of nitro groups is 1. The summed E-state index contributed by atoms with van der Waals surface area (Å²) in [6.45, 7) is 7.26. The molecule has 1 aromatic heterocycles. The summed E-state index contributed by atoms with van der Waals surface area (Å²) >= 11 is 3.26. The second-order valence-corrected chi connectivity index (χ2v) is 8.02. The summed E-state index contributed by atoms with van der Waals surface area (Å²) in [5, 5.41) is 11.1. The highest BCUT2D eigenvalue weighted by molar-refractivity contribution is 9.10. The van der Waals surface area contributed by atoms with Gasteiger partial charge in [-0.15, -0.1) is 0 Å². The van der Waals surface area contributed by atoms with Gasteiger partial charge in [0, 0.05) is 46.5 Å². The fraction of sp³-hybridized carbons (Fsp3) is 0.350. The zero-order valence-electron chi connectivity index (χ0n) is 16.5. The second-order valence-electron chi connectivity index (χ2n) is 7.10. The molecule has 1 aromatic carbocycles. The van der Waals surface area contributed by atoms with Gasteiger partial charge < -0.3 is 4.90 Å². The van der Waals surface area contributed by atoms with Gasteiger partial charge in [0.2, 0.25) is 0 Å². The fourth-order valence-corrected chi connectivity index (χ4v) is 3.57. The summed E-state index contributed by atoms with van der Waals surface area (Å²) in [4.78, 5) is 51.2. The zero-order chi connectivity index (χ0) is 21.9. The predicted octanol–water partition coefficient (Wildman–Crippen LogP) is 3.59. The first-order chi connectivity index (χ1) is 13.5. The highest BCUT2D eigenvalue weighted by atomic mass is 79.9. The number of ketones is 1. The fourth-order valence-electron chi connectivity index (χ4n) is 3.21. The first kappa shape index (κ1) is 22.5. The van der Waals surface area contributed by atoms with E-state index in [1.54, 1.807) is 0 Å². The van der Waals surface area contributed by atoms with Gasteiger partial charge in [0.05, 0.1) is 4.92 Å². The lowest BCUT2D eigenvalue weighted by atomic mass is 10.0. The predicted molar refractivity (Wildman–Crippen MR) is 112 cm³/mol. The van der Waals surface area contributed by atoms with E-state index in [4.69, 9.17) is 0 Å². The minimum atomic E-state index is -1.48. The molecule has 0 aliphatic rings. The van der Waals surface area contributed by atoms with Crippen molar-refractivity contribution in [3.63, 3.8) is 0 Å². The molecule has 29 heavy (non-hydrogen) atoms. The molecule has 0 saturated heterocycles. The van der Waals surface area contributed by atoms with Gasteiger partial charge in [-0.1, -0.05) is 12.1 Å². The summed E-state index contributed by atoms with van der Waals surface area (Å²) in [7, 11) is 0. The van der Waals surface area contributed by atoms with Gasteiger partial charge in [0.15, 0.2) is 11.8 Å². The Labute approximate surface area is 176 Å². The maximum atomic E-state index is 13.4. The smallest absolute Gasteiger partial charge is 0.270 e. The molecule has 0 spiro atoms. The average Bonchev–Trinajstić information content (AvgIpc) is 2.64. The van der Waals surface area contributed by atoms with E-state index in [0.717, 1.165) is 10.6 Å². The highest BCUT2D eigenvalue weighted by Gasteiger charge is 2.36. The number of carbonyl (C=O) groups excluding carboxylic acids is 2. The maximum absolute atomic E-state index is 13.4. The lowest BCUT2D eigenvalue weighted by Crippen LogP contribution is -2.49. The largest absolute Gasteiger partial charge is 0.336 e. The molecule has 0 aliphatic heterocycles. The second kappa shape index (κ2) is 9.13. The van der Waals surface area contributed by atoms with Crippen molar-refractivity contribution in [3.05, 3.63) is 73.1 Å². The Morgan fingerprint density at radius 2 is 1.72 bits per heavy atom. The van der Waals surface area contributed by atoms with E-state index in [9.17, 15) is 24.5 Å². The summed E-state index contributed by atoms with van der Waals surface area (Å²) in [6.07, 6.45) is 1.37. The minimum absolute atomic E-state index is 0.0168. The Hall–Kier alpha value is -2.81. The summed E-state index contributed by atoms with van der Waals surface area (Å²) in [6, 6.07) is 5.99. The number of rotatable bonds is 7. The number of hydrogen-bond donors (Lipinski definition) is 0. The molecule has 0 bridgehead atoms. The Kier molecular flexibility index (Phi) is 7.07. The molecule has 1 atom stereocenters. The Morgan fingerprint density at radius 1 is 1.10 bits per heavy atom. The monoisotopic (exact) mass is 463 g/mol. The van der Waals surface area contributed by atoms with Gasteiger partial charge in [-0.2, -0.15) is 0 Å². The third kappa shape index (κ3) is 4.97. The summed E-state index contributed by atoms with van der Waals surface area (Å²) in [5.74, 6) is -1.24. The number of nitrogens with zero attached hydrogens (tertiary/aromatic N) is 3. The van der Waals surface area contributed by atoms with E-state index in [1.807, 2.05) is 27.7 Å². The van der Waals surface area contributed by atoms with Crippen molar-refractivity contribution in [2.75, 3.05) is 0 Å².